The summed E-state index contributed by atoms with van der Waals surface area (Å²) >= 11 is 0. The zero-order valence-corrected chi connectivity index (χ0v) is 8.73. The van der Waals surface area contributed by atoms with E-state index in [9.17, 15) is 9.59 Å². The molecule has 0 spiro atoms. The van der Waals surface area contributed by atoms with E-state index in [4.69, 9.17) is 5.11 Å². The van der Waals surface area contributed by atoms with Crippen molar-refractivity contribution >= 4 is 11.9 Å². The van der Waals surface area contributed by atoms with Crippen molar-refractivity contribution in [2.24, 2.45) is 0 Å². The largest absolute Gasteiger partial charge is 0.474 e. The third-order valence-corrected chi connectivity index (χ3v) is 2.83. The van der Waals surface area contributed by atoms with Gasteiger partial charge in [0.05, 0.1) is 0 Å². The van der Waals surface area contributed by atoms with Crippen molar-refractivity contribution in [3.05, 3.63) is 0 Å². The number of carbonyl (C=O) groups excluding carboxylic acids is 1. The van der Waals surface area contributed by atoms with Gasteiger partial charge in [0, 0.05) is 25.2 Å². The molecule has 2 unspecified atom stereocenters. The maximum absolute atomic E-state index is 11.2. The molecule has 0 bridgehead atoms. The number of hydrogen-bond donors (Lipinski definition) is 1. The minimum atomic E-state index is -1.37. The van der Waals surface area contributed by atoms with Crippen LogP contribution in [0.3, 0.4) is 0 Å². The van der Waals surface area contributed by atoms with Gasteiger partial charge in [0.25, 0.3) is 0 Å². The lowest BCUT2D eigenvalue weighted by molar-refractivity contribution is -0.157. The number of carboxylic acids is 1. The first kappa shape index (κ1) is 11.0. The third kappa shape index (κ3) is 2.04. The van der Waals surface area contributed by atoms with Gasteiger partial charge < -0.3 is 10.0 Å². The maximum Gasteiger partial charge on any atom is 0.394 e. The van der Waals surface area contributed by atoms with Gasteiger partial charge in [-0.25, -0.2) is 4.79 Å². The van der Waals surface area contributed by atoms with Gasteiger partial charge in [0.2, 0.25) is 0 Å². The molecule has 0 aromatic rings. The molecule has 1 fully saturated rings. The normalized spacial score (nSPS) is 28.9. The molecule has 5 heteroatoms. The molecule has 0 aromatic heterocycles. The molecule has 0 saturated carbocycles. The molecule has 0 aliphatic carbocycles. The highest BCUT2D eigenvalue weighted by atomic mass is 16.4. The van der Waals surface area contributed by atoms with Crippen LogP contribution in [0.5, 0.6) is 0 Å². The first-order chi connectivity index (χ1) is 6.43. The molecule has 5 nitrogen and oxygen atoms in total. The summed E-state index contributed by atoms with van der Waals surface area (Å²) in [6.07, 6.45) is 0. The quantitative estimate of drug-likeness (QED) is 0.542. The smallest absolute Gasteiger partial charge is 0.394 e. The first-order valence-electron chi connectivity index (χ1n) is 4.67. The van der Waals surface area contributed by atoms with Crippen molar-refractivity contribution in [2.45, 2.75) is 25.9 Å². The SMILES string of the molecule is CC1CN(C(=O)C(=O)O)CC(C)N1C. The van der Waals surface area contributed by atoms with E-state index in [1.807, 2.05) is 20.9 Å². The van der Waals surface area contributed by atoms with Gasteiger partial charge in [0.1, 0.15) is 0 Å². The third-order valence-electron chi connectivity index (χ3n) is 2.83. The fourth-order valence-electron chi connectivity index (χ4n) is 1.71. The zero-order chi connectivity index (χ0) is 10.9. The summed E-state index contributed by atoms with van der Waals surface area (Å²) in [6.45, 7) is 4.95. The molecular formula is C9H16N2O3. The lowest BCUT2D eigenvalue weighted by atomic mass is 10.1. The average Bonchev–Trinajstić information content (AvgIpc) is 2.12. The number of rotatable bonds is 0. The molecule has 1 amide bonds. The number of carbonyl (C=O) groups is 2. The Morgan fingerprint density at radius 3 is 2.00 bits per heavy atom. The van der Waals surface area contributed by atoms with E-state index in [2.05, 4.69) is 4.90 Å². The number of carboxylic acid groups (broad SMARTS) is 1. The lowest BCUT2D eigenvalue weighted by Gasteiger charge is -2.41. The highest BCUT2D eigenvalue weighted by Crippen LogP contribution is 2.13. The van der Waals surface area contributed by atoms with Crippen LogP contribution in [0.2, 0.25) is 0 Å². The number of piperazine rings is 1. The summed E-state index contributed by atoms with van der Waals surface area (Å²) in [5, 5.41) is 8.57. The highest BCUT2D eigenvalue weighted by Gasteiger charge is 2.31. The summed E-state index contributed by atoms with van der Waals surface area (Å²) in [5.41, 5.74) is 0. The monoisotopic (exact) mass is 200 g/mol. The van der Waals surface area contributed by atoms with Crippen LogP contribution in [-0.2, 0) is 9.59 Å². The molecule has 1 saturated heterocycles. The Morgan fingerprint density at radius 1 is 1.21 bits per heavy atom. The second kappa shape index (κ2) is 3.96. The first-order valence-corrected chi connectivity index (χ1v) is 4.67. The molecule has 1 aliphatic rings. The fraction of sp³-hybridized carbons (Fsp3) is 0.778. The molecular weight excluding hydrogens is 184 g/mol. The maximum atomic E-state index is 11.2. The van der Waals surface area contributed by atoms with Gasteiger partial charge in [-0.15, -0.1) is 0 Å². The van der Waals surface area contributed by atoms with Crippen LogP contribution in [0.4, 0.5) is 0 Å². The number of hydrogen-bond acceptors (Lipinski definition) is 3. The molecule has 14 heavy (non-hydrogen) atoms. The van der Waals surface area contributed by atoms with Crippen molar-refractivity contribution in [3.63, 3.8) is 0 Å². The standard InChI is InChI=1S/C9H16N2O3/c1-6-4-11(8(12)9(13)14)5-7(2)10(6)3/h6-7H,4-5H2,1-3H3,(H,13,14). The Balaban J connectivity index is 2.67. The van der Waals surface area contributed by atoms with Crippen LogP contribution in [0.1, 0.15) is 13.8 Å². The summed E-state index contributed by atoms with van der Waals surface area (Å²) in [4.78, 5) is 25.2. The van der Waals surface area contributed by atoms with Crippen LogP contribution in [0.25, 0.3) is 0 Å². The van der Waals surface area contributed by atoms with Crippen molar-refractivity contribution in [3.8, 4) is 0 Å². The summed E-state index contributed by atoms with van der Waals surface area (Å²) < 4.78 is 0. The van der Waals surface area contributed by atoms with Crippen molar-refractivity contribution in [1.82, 2.24) is 9.80 Å². The van der Waals surface area contributed by atoms with Gasteiger partial charge in [-0.05, 0) is 20.9 Å². The van der Waals surface area contributed by atoms with E-state index in [1.54, 1.807) is 0 Å². The topological polar surface area (TPSA) is 60.9 Å². The summed E-state index contributed by atoms with van der Waals surface area (Å²) in [5.74, 6) is -2.16. The van der Waals surface area contributed by atoms with Gasteiger partial charge >= 0.3 is 11.9 Å². The molecule has 1 aliphatic heterocycles. The number of aliphatic carboxylic acids is 1. The molecule has 1 heterocycles. The number of nitrogens with zero attached hydrogens (tertiary/aromatic N) is 2. The molecule has 1 N–H and O–H groups in total. The van der Waals surface area contributed by atoms with E-state index in [1.165, 1.54) is 4.90 Å². The van der Waals surface area contributed by atoms with Crippen LogP contribution in [0.15, 0.2) is 0 Å². The summed E-state index contributed by atoms with van der Waals surface area (Å²) in [6, 6.07) is 0.420. The van der Waals surface area contributed by atoms with Gasteiger partial charge in [-0.3, -0.25) is 9.69 Å². The fourth-order valence-corrected chi connectivity index (χ4v) is 1.71. The van der Waals surface area contributed by atoms with Gasteiger partial charge in [0.15, 0.2) is 0 Å². The van der Waals surface area contributed by atoms with E-state index < -0.39 is 11.9 Å². The molecule has 0 aromatic carbocycles. The van der Waals surface area contributed by atoms with Crippen LogP contribution in [-0.4, -0.2) is 59.0 Å². The predicted molar refractivity (Wildman–Crippen MR) is 50.9 cm³/mol. The summed E-state index contributed by atoms with van der Waals surface area (Å²) in [7, 11) is 1.98. The van der Waals surface area contributed by atoms with Crippen LogP contribution < -0.4 is 0 Å². The Labute approximate surface area is 83.3 Å². The van der Waals surface area contributed by atoms with Crippen LogP contribution in [0, 0.1) is 0 Å². The van der Waals surface area contributed by atoms with E-state index >= 15 is 0 Å². The number of likely N-dealkylation sites (N-methyl/N-ethyl adjacent to an activating group) is 1. The Morgan fingerprint density at radius 2 is 1.64 bits per heavy atom. The van der Waals surface area contributed by atoms with Gasteiger partial charge in [-0.1, -0.05) is 0 Å². The highest BCUT2D eigenvalue weighted by molar-refractivity contribution is 6.31. The molecule has 80 valence electrons. The van der Waals surface area contributed by atoms with Gasteiger partial charge in [-0.2, -0.15) is 0 Å². The Bertz CT molecular complexity index is 242. The molecule has 2 atom stereocenters. The second-order valence-corrected chi connectivity index (χ2v) is 3.88. The predicted octanol–water partition coefficient (Wildman–Crippen LogP) is -0.378. The van der Waals surface area contributed by atoms with Crippen LogP contribution >= 0.6 is 0 Å². The molecule has 1 rings (SSSR count). The Hall–Kier alpha value is -1.10. The van der Waals surface area contributed by atoms with E-state index in [-0.39, 0.29) is 12.1 Å². The minimum Gasteiger partial charge on any atom is -0.474 e. The lowest BCUT2D eigenvalue weighted by Crippen LogP contribution is -2.57. The number of amides is 1. The van der Waals surface area contributed by atoms with Crippen molar-refractivity contribution < 1.29 is 14.7 Å². The van der Waals surface area contributed by atoms with E-state index in [0.29, 0.717) is 13.1 Å². The second-order valence-electron chi connectivity index (χ2n) is 3.88. The minimum absolute atomic E-state index is 0.210. The zero-order valence-electron chi connectivity index (χ0n) is 8.73. The van der Waals surface area contributed by atoms with E-state index in [0.717, 1.165) is 0 Å². The Kier molecular flexibility index (Phi) is 3.10. The van der Waals surface area contributed by atoms with Crippen molar-refractivity contribution in [2.75, 3.05) is 20.1 Å². The molecule has 0 radical (unpaired) electrons. The average molecular weight is 200 g/mol. The van der Waals surface area contributed by atoms with Crippen molar-refractivity contribution in [1.29, 1.82) is 0 Å².